The summed E-state index contributed by atoms with van der Waals surface area (Å²) in [5, 5.41) is 2.91. The zero-order valence-electron chi connectivity index (χ0n) is 12.6. The molecule has 0 aromatic carbocycles. The summed E-state index contributed by atoms with van der Waals surface area (Å²) >= 11 is 0. The van der Waals surface area contributed by atoms with Crippen molar-refractivity contribution in [1.82, 2.24) is 15.0 Å². The van der Waals surface area contributed by atoms with Crippen LogP contribution in [0.4, 0.5) is 11.8 Å². The average Bonchev–Trinajstić information content (AvgIpc) is 2.56. The molecule has 1 aliphatic rings. The molecule has 1 atom stereocenters. The van der Waals surface area contributed by atoms with Crippen molar-refractivity contribution in [2.24, 2.45) is 5.92 Å². The Hall–Kier alpha value is -2.50. The lowest BCUT2D eigenvalue weighted by molar-refractivity contribution is -0.120. The largest absolute Gasteiger partial charge is 0.340 e. The normalized spacial score (nSPS) is 18.0. The molecule has 6 nitrogen and oxygen atoms in total. The third-order valence-corrected chi connectivity index (χ3v) is 3.79. The van der Waals surface area contributed by atoms with Crippen molar-refractivity contribution in [3.8, 4) is 0 Å². The van der Waals surface area contributed by atoms with Crippen molar-refractivity contribution in [3.63, 3.8) is 0 Å². The summed E-state index contributed by atoms with van der Waals surface area (Å²) in [6.45, 7) is 3.50. The number of hydrogen-bond donors (Lipinski definition) is 1. The number of aryl methyl sites for hydroxylation is 1. The van der Waals surface area contributed by atoms with Crippen LogP contribution in [-0.2, 0) is 4.79 Å². The molecule has 3 heterocycles. The van der Waals surface area contributed by atoms with Crippen LogP contribution in [0.2, 0.25) is 0 Å². The Labute approximate surface area is 129 Å². The highest BCUT2D eigenvalue weighted by Crippen LogP contribution is 2.21. The van der Waals surface area contributed by atoms with Crippen LogP contribution in [-0.4, -0.2) is 33.9 Å². The first-order valence-electron chi connectivity index (χ1n) is 7.48. The molecule has 1 amide bonds. The van der Waals surface area contributed by atoms with E-state index in [0.29, 0.717) is 18.3 Å². The van der Waals surface area contributed by atoms with Crippen LogP contribution in [0.3, 0.4) is 0 Å². The van der Waals surface area contributed by atoms with E-state index in [-0.39, 0.29) is 11.8 Å². The molecule has 1 aliphatic heterocycles. The minimum atomic E-state index is -0.0696. The molecule has 0 bridgehead atoms. The number of nitrogens with zero attached hydrogens (tertiary/aromatic N) is 4. The van der Waals surface area contributed by atoms with Crippen molar-refractivity contribution in [1.29, 1.82) is 0 Å². The molecule has 1 unspecified atom stereocenters. The number of pyridine rings is 1. The summed E-state index contributed by atoms with van der Waals surface area (Å²) in [6.07, 6.45) is 6.99. The maximum absolute atomic E-state index is 12.4. The van der Waals surface area contributed by atoms with Crippen LogP contribution in [0.25, 0.3) is 0 Å². The van der Waals surface area contributed by atoms with Crippen LogP contribution in [0.1, 0.15) is 18.4 Å². The standard InChI is InChI=1S/C16H19N5O/c1-12-5-8-17-14(10-12)20-15(22)13-4-2-9-21(11-13)16-18-6-3-7-19-16/h3,5-8,10,13H,2,4,9,11H2,1H3,(H,17,20,22). The third-order valence-electron chi connectivity index (χ3n) is 3.79. The van der Waals surface area contributed by atoms with E-state index in [4.69, 9.17) is 0 Å². The van der Waals surface area contributed by atoms with Crippen molar-refractivity contribution < 1.29 is 4.79 Å². The molecule has 2 aromatic heterocycles. The molecule has 6 heteroatoms. The summed E-state index contributed by atoms with van der Waals surface area (Å²) in [5.74, 6) is 1.24. The Balaban J connectivity index is 1.65. The number of carbonyl (C=O) groups is 1. The van der Waals surface area contributed by atoms with E-state index in [1.807, 2.05) is 19.1 Å². The number of piperidine rings is 1. The molecule has 0 aliphatic carbocycles. The number of nitrogens with one attached hydrogen (secondary N) is 1. The smallest absolute Gasteiger partial charge is 0.230 e. The second-order valence-corrected chi connectivity index (χ2v) is 5.54. The van der Waals surface area contributed by atoms with E-state index in [9.17, 15) is 4.79 Å². The Morgan fingerprint density at radius 1 is 1.27 bits per heavy atom. The van der Waals surface area contributed by atoms with Gasteiger partial charge in [-0.15, -0.1) is 0 Å². The number of carbonyl (C=O) groups excluding carboxylic acids is 1. The van der Waals surface area contributed by atoms with Gasteiger partial charge in [-0.3, -0.25) is 4.79 Å². The van der Waals surface area contributed by atoms with Gasteiger partial charge in [-0.1, -0.05) is 0 Å². The quantitative estimate of drug-likeness (QED) is 0.938. The van der Waals surface area contributed by atoms with Crippen LogP contribution >= 0.6 is 0 Å². The van der Waals surface area contributed by atoms with E-state index in [1.54, 1.807) is 24.7 Å². The third kappa shape index (κ3) is 3.39. The predicted molar refractivity (Wildman–Crippen MR) is 84.6 cm³/mol. The van der Waals surface area contributed by atoms with E-state index in [0.717, 1.165) is 24.9 Å². The second-order valence-electron chi connectivity index (χ2n) is 5.54. The summed E-state index contributed by atoms with van der Waals surface area (Å²) < 4.78 is 0. The highest BCUT2D eigenvalue weighted by molar-refractivity contribution is 5.92. The van der Waals surface area contributed by atoms with Gasteiger partial charge in [0, 0.05) is 31.7 Å². The summed E-state index contributed by atoms with van der Waals surface area (Å²) in [5.41, 5.74) is 1.08. The SMILES string of the molecule is Cc1ccnc(NC(=O)C2CCCN(c3ncccn3)C2)c1. The minimum absolute atomic E-state index is 0.0127. The van der Waals surface area contributed by atoms with Gasteiger partial charge >= 0.3 is 0 Å². The first-order chi connectivity index (χ1) is 10.7. The first kappa shape index (κ1) is 14.4. The minimum Gasteiger partial charge on any atom is -0.340 e. The Morgan fingerprint density at radius 2 is 2.09 bits per heavy atom. The van der Waals surface area contributed by atoms with Gasteiger partial charge in [-0.25, -0.2) is 15.0 Å². The van der Waals surface area contributed by atoms with Gasteiger partial charge in [0.25, 0.3) is 0 Å². The maximum atomic E-state index is 12.4. The fourth-order valence-corrected chi connectivity index (χ4v) is 2.66. The van der Waals surface area contributed by atoms with Crippen LogP contribution in [0, 0.1) is 12.8 Å². The van der Waals surface area contributed by atoms with Crippen LogP contribution < -0.4 is 10.2 Å². The summed E-state index contributed by atoms with van der Waals surface area (Å²) in [4.78, 5) is 27.2. The molecule has 0 radical (unpaired) electrons. The highest BCUT2D eigenvalue weighted by atomic mass is 16.2. The Morgan fingerprint density at radius 3 is 2.86 bits per heavy atom. The number of hydrogen-bond acceptors (Lipinski definition) is 5. The molecule has 3 rings (SSSR count). The Bertz CT molecular complexity index is 646. The van der Waals surface area contributed by atoms with E-state index >= 15 is 0 Å². The van der Waals surface area contributed by atoms with Gasteiger partial charge in [0.1, 0.15) is 5.82 Å². The number of rotatable bonds is 3. The van der Waals surface area contributed by atoms with Gasteiger partial charge < -0.3 is 10.2 Å². The summed E-state index contributed by atoms with van der Waals surface area (Å²) in [6, 6.07) is 5.57. The molecular weight excluding hydrogens is 278 g/mol. The van der Waals surface area contributed by atoms with Gasteiger partial charge in [-0.05, 0) is 43.5 Å². The lowest BCUT2D eigenvalue weighted by Gasteiger charge is -2.31. The Kier molecular flexibility index (Phi) is 4.27. The van der Waals surface area contributed by atoms with Crippen LogP contribution in [0.15, 0.2) is 36.8 Å². The fourth-order valence-electron chi connectivity index (χ4n) is 2.66. The van der Waals surface area contributed by atoms with Crippen LogP contribution in [0.5, 0.6) is 0 Å². The molecule has 1 saturated heterocycles. The number of amides is 1. The topological polar surface area (TPSA) is 71.0 Å². The number of anilines is 2. The summed E-state index contributed by atoms with van der Waals surface area (Å²) in [7, 11) is 0. The molecule has 1 N–H and O–H groups in total. The van der Waals surface area contributed by atoms with Gasteiger partial charge in [0.2, 0.25) is 11.9 Å². The molecule has 1 fully saturated rings. The average molecular weight is 297 g/mol. The lowest BCUT2D eigenvalue weighted by atomic mass is 9.97. The molecule has 0 spiro atoms. The van der Waals surface area contributed by atoms with Gasteiger partial charge in [0.05, 0.1) is 5.92 Å². The first-order valence-corrected chi connectivity index (χ1v) is 7.48. The lowest BCUT2D eigenvalue weighted by Crippen LogP contribution is -2.41. The maximum Gasteiger partial charge on any atom is 0.230 e. The molecule has 0 saturated carbocycles. The second kappa shape index (κ2) is 6.51. The zero-order chi connectivity index (χ0) is 15.4. The molecule has 114 valence electrons. The van der Waals surface area contributed by atoms with Gasteiger partial charge in [0.15, 0.2) is 0 Å². The van der Waals surface area contributed by atoms with Crippen molar-refractivity contribution >= 4 is 17.7 Å². The van der Waals surface area contributed by atoms with E-state index in [2.05, 4.69) is 25.2 Å². The molecule has 22 heavy (non-hydrogen) atoms. The van der Waals surface area contributed by atoms with Crippen molar-refractivity contribution in [3.05, 3.63) is 42.4 Å². The molecule has 2 aromatic rings. The van der Waals surface area contributed by atoms with E-state index in [1.165, 1.54) is 0 Å². The van der Waals surface area contributed by atoms with Gasteiger partial charge in [-0.2, -0.15) is 0 Å². The fraction of sp³-hybridized carbons (Fsp3) is 0.375. The highest BCUT2D eigenvalue weighted by Gasteiger charge is 2.27. The van der Waals surface area contributed by atoms with Crippen molar-refractivity contribution in [2.45, 2.75) is 19.8 Å². The monoisotopic (exact) mass is 297 g/mol. The molecular formula is C16H19N5O. The van der Waals surface area contributed by atoms with E-state index < -0.39 is 0 Å². The predicted octanol–water partition coefficient (Wildman–Crippen LogP) is 2.04. The van der Waals surface area contributed by atoms with Crippen molar-refractivity contribution in [2.75, 3.05) is 23.3 Å². The zero-order valence-corrected chi connectivity index (χ0v) is 12.6. The number of aromatic nitrogens is 3.